The van der Waals surface area contributed by atoms with Crippen molar-refractivity contribution >= 4 is 33.2 Å². The van der Waals surface area contributed by atoms with Gasteiger partial charge in [-0.05, 0) is 51.8 Å². The number of rotatable bonds is 4. The molecule has 3 aromatic rings. The van der Waals surface area contributed by atoms with Crippen molar-refractivity contribution in [3.05, 3.63) is 70.2 Å². The maximum Gasteiger partial charge on any atom is 0.0877 e. The van der Waals surface area contributed by atoms with Gasteiger partial charge in [-0.25, -0.2) is 4.68 Å². The normalized spacial score (nSPS) is 10.6. The summed E-state index contributed by atoms with van der Waals surface area (Å²) in [7, 11) is 0. The predicted molar refractivity (Wildman–Crippen MR) is 87.8 cm³/mol. The van der Waals surface area contributed by atoms with Crippen LogP contribution < -0.4 is 5.32 Å². The first-order valence-corrected chi connectivity index (χ1v) is 7.52. The number of aromatic nitrogens is 3. The highest BCUT2D eigenvalue weighted by molar-refractivity contribution is 9.10. The van der Waals surface area contributed by atoms with Crippen LogP contribution in [0.4, 0.5) is 5.69 Å². The van der Waals surface area contributed by atoms with Gasteiger partial charge in [0.1, 0.15) is 0 Å². The summed E-state index contributed by atoms with van der Waals surface area (Å²) in [5, 5.41) is 8.32. The molecule has 106 valence electrons. The Morgan fingerprint density at radius 1 is 1.24 bits per heavy atom. The Labute approximate surface area is 135 Å². The molecule has 4 nitrogen and oxygen atoms in total. The summed E-state index contributed by atoms with van der Waals surface area (Å²) < 4.78 is 2.76. The number of nitrogens with one attached hydrogen (secondary N) is 1. The quantitative estimate of drug-likeness (QED) is 0.751. The Kier molecular flexibility index (Phi) is 4.22. The molecule has 0 fully saturated rings. The number of hydrogen-bond donors (Lipinski definition) is 1. The van der Waals surface area contributed by atoms with E-state index in [9.17, 15) is 0 Å². The summed E-state index contributed by atoms with van der Waals surface area (Å²) in [6, 6.07) is 9.60. The van der Waals surface area contributed by atoms with Crippen LogP contribution in [0, 0.1) is 0 Å². The van der Waals surface area contributed by atoms with Gasteiger partial charge >= 0.3 is 0 Å². The minimum absolute atomic E-state index is 0.654. The number of halogens is 2. The zero-order valence-corrected chi connectivity index (χ0v) is 13.3. The lowest BCUT2D eigenvalue weighted by molar-refractivity contribution is 0.879. The van der Waals surface area contributed by atoms with Gasteiger partial charge in [0.2, 0.25) is 0 Å². The van der Waals surface area contributed by atoms with Gasteiger partial charge in [0.25, 0.3) is 0 Å². The van der Waals surface area contributed by atoms with E-state index < -0.39 is 0 Å². The van der Waals surface area contributed by atoms with Gasteiger partial charge in [-0.2, -0.15) is 5.10 Å². The molecule has 0 saturated carbocycles. The van der Waals surface area contributed by atoms with Gasteiger partial charge in [-0.3, -0.25) is 4.98 Å². The van der Waals surface area contributed by atoms with Gasteiger partial charge < -0.3 is 5.32 Å². The van der Waals surface area contributed by atoms with Crippen LogP contribution in [-0.4, -0.2) is 14.8 Å². The van der Waals surface area contributed by atoms with E-state index in [4.69, 9.17) is 11.6 Å². The van der Waals surface area contributed by atoms with Gasteiger partial charge in [0.15, 0.2) is 0 Å². The molecular formula is C15H12BrClN4. The predicted octanol–water partition coefficient (Wildman–Crippen LogP) is 4.30. The lowest BCUT2D eigenvalue weighted by atomic mass is 10.2. The summed E-state index contributed by atoms with van der Waals surface area (Å²) in [5.41, 5.74) is 2.95. The van der Waals surface area contributed by atoms with E-state index >= 15 is 0 Å². The molecule has 0 aliphatic carbocycles. The molecule has 0 amide bonds. The van der Waals surface area contributed by atoms with Crippen LogP contribution in [0.2, 0.25) is 5.02 Å². The maximum atomic E-state index is 6.10. The minimum Gasteiger partial charge on any atom is -0.379 e. The third-order valence-corrected chi connectivity index (χ3v) is 3.62. The molecule has 3 rings (SSSR count). The van der Waals surface area contributed by atoms with Gasteiger partial charge in [-0.1, -0.05) is 11.6 Å². The Bertz CT molecular complexity index is 743. The SMILES string of the molecule is Clc1ccc(-n2cccn2)c(NCc2cncc(Br)c2)c1. The Morgan fingerprint density at radius 2 is 2.14 bits per heavy atom. The van der Waals surface area contributed by atoms with Crippen LogP contribution in [0.1, 0.15) is 5.56 Å². The number of anilines is 1. The Balaban J connectivity index is 1.86. The molecule has 0 unspecified atom stereocenters. The van der Waals surface area contributed by atoms with Gasteiger partial charge in [0.05, 0.1) is 11.4 Å². The van der Waals surface area contributed by atoms with Crippen molar-refractivity contribution in [1.82, 2.24) is 14.8 Å². The second-order valence-corrected chi connectivity index (χ2v) is 5.83. The third-order valence-electron chi connectivity index (χ3n) is 2.95. The fraction of sp³-hybridized carbons (Fsp3) is 0.0667. The van der Waals surface area contributed by atoms with Crippen molar-refractivity contribution in [2.75, 3.05) is 5.32 Å². The molecule has 1 N–H and O–H groups in total. The number of benzene rings is 1. The van der Waals surface area contributed by atoms with Crippen LogP contribution >= 0.6 is 27.5 Å². The van der Waals surface area contributed by atoms with E-state index in [1.807, 2.05) is 42.7 Å². The Morgan fingerprint density at radius 3 is 2.90 bits per heavy atom. The van der Waals surface area contributed by atoms with E-state index in [1.54, 1.807) is 17.1 Å². The lowest BCUT2D eigenvalue weighted by Gasteiger charge is -2.12. The number of nitrogens with zero attached hydrogens (tertiary/aromatic N) is 3. The van der Waals surface area contributed by atoms with Crippen molar-refractivity contribution in [1.29, 1.82) is 0 Å². The second kappa shape index (κ2) is 6.28. The molecule has 2 heterocycles. The number of pyridine rings is 1. The van der Waals surface area contributed by atoms with Crippen LogP contribution in [-0.2, 0) is 6.54 Å². The topological polar surface area (TPSA) is 42.7 Å². The fourth-order valence-electron chi connectivity index (χ4n) is 2.01. The van der Waals surface area contributed by atoms with Crippen LogP contribution in [0.25, 0.3) is 5.69 Å². The molecule has 6 heteroatoms. The van der Waals surface area contributed by atoms with E-state index in [0.717, 1.165) is 21.4 Å². The molecule has 0 spiro atoms. The summed E-state index contributed by atoms with van der Waals surface area (Å²) in [6.45, 7) is 0.654. The van der Waals surface area contributed by atoms with Crippen LogP contribution in [0.5, 0.6) is 0 Å². The standard InChI is InChI=1S/C15H12BrClN4/c16-12-6-11(8-18-10-12)9-19-14-7-13(17)2-3-15(14)21-5-1-4-20-21/h1-8,10,19H,9H2. The van der Waals surface area contributed by atoms with Crippen molar-refractivity contribution in [2.45, 2.75) is 6.54 Å². The molecule has 0 saturated heterocycles. The maximum absolute atomic E-state index is 6.10. The molecule has 0 aliphatic heterocycles. The van der Waals surface area contributed by atoms with E-state index in [-0.39, 0.29) is 0 Å². The van der Waals surface area contributed by atoms with E-state index in [2.05, 4.69) is 31.3 Å². The molecule has 1 aromatic carbocycles. The van der Waals surface area contributed by atoms with Crippen molar-refractivity contribution < 1.29 is 0 Å². The molecule has 0 aliphatic rings. The average Bonchev–Trinajstić information content (AvgIpc) is 2.99. The zero-order chi connectivity index (χ0) is 14.7. The van der Waals surface area contributed by atoms with Crippen molar-refractivity contribution in [2.24, 2.45) is 0 Å². The van der Waals surface area contributed by atoms with E-state index in [0.29, 0.717) is 11.6 Å². The third kappa shape index (κ3) is 3.43. The summed E-state index contributed by atoms with van der Waals surface area (Å²) in [5.74, 6) is 0. The molecule has 0 radical (unpaired) electrons. The number of hydrogen-bond acceptors (Lipinski definition) is 3. The molecule has 2 aromatic heterocycles. The first kappa shape index (κ1) is 14.1. The van der Waals surface area contributed by atoms with Gasteiger partial charge in [-0.15, -0.1) is 0 Å². The zero-order valence-electron chi connectivity index (χ0n) is 11.0. The first-order chi connectivity index (χ1) is 10.2. The fourth-order valence-corrected chi connectivity index (χ4v) is 2.60. The Hall–Kier alpha value is -1.85. The smallest absolute Gasteiger partial charge is 0.0877 e. The highest BCUT2D eigenvalue weighted by Crippen LogP contribution is 2.24. The van der Waals surface area contributed by atoms with Crippen molar-refractivity contribution in [3.63, 3.8) is 0 Å². The summed E-state index contributed by atoms with van der Waals surface area (Å²) >= 11 is 9.52. The molecule has 0 atom stereocenters. The monoisotopic (exact) mass is 362 g/mol. The minimum atomic E-state index is 0.654. The van der Waals surface area contributed by atoms with Crippen LogP contribution in [0.15, 0.2) is 59.6 Å². The molecular weight excluding hydrogens is 352 g/mol. The average molecular weight is 364 g/mol. The summed E-state index contributed by atoms with van der Waals surface area (Å²) in [6.07, 6.45) is 7.24. The van der Waals surface area contributed by atoms with Crippen LogP contribution in [0.3, 0.4) is 0 Å². The first-order valence-electron chi connectivity index (χ1n) is 6.35. The highest BCUT2D eigenvalue weighted by atomic mass is 79.9. The van der Waals surface area contributed by atoms with Gasteiger partial charge in [0, 0.05) is 40.8 Å². The molecule has 21 heavy (non-hydrogen) atoms. The largest absolute Gasteiger partial charge is 0.379 e. The highest BCUT2D eigenvalue weighted by Gasteiger charge is 2.06. The molecule has 0 bridgehead atoms. The second-order valence-electron chi connectivity index (χ2n) is 4.48. The summed E-state index contributed by atoms with van der Waals surface area (Å²) in [4.78, 5) is 4.16. The van der Waals surface area contributed by atoms with Crippen molar-refractivity contribution in [3.8, 4) is 5.69 Å². The van der Waals surface area contributed by atoms with E-state index in [1.165, 1.54) is 0 Å². The lowest BCUT2D eigenvalue weighted by Crippen LogP contribution is -2.05.